The van der Waals surface area contributed by atoms with Crippen LogP contribution in [0.15, 0.2) is 52.1 Å². The lowest BCUT2D eigenvalue weighted by Crippen LogP contribution is -2.36. The molecule has 1 aliphatic carbocycles. The van der Waals surface area contributed by atoms with Gasteiger partial charge in [0.1, 0.15) is 12.0 Å². The van der Waals surface area contributed by atoms with Crippen molar-refractivity contribution >= 4 is 29.9 Å². The minimum atomic E-state index is 0. The molecule has 1 heterocycles. The Morgan fingerprint density at radius 1 is 1.06 bits per heavy atom. The smallest absolute Gasteiger partial charge is 0.226 e. The number of nitrogens with one attached hydrogen (secondary N) is 2. The highest BCUT2D eigenvalue weighted by molar-refractivity contribution is 14.0. The van der Waals surface area contributed by atoms with Gasteiger partial charge in [0.05, 0.1) is 12.2 Å². The number of guanidine groups is 1. The van der Waals surface area contributed by atoms with Crippen molar-refractivity contribution in [3.8, 4) is 17.2 Å². The summed E-state index contributed by atoms with van der Waals surface area (Å²) in [6.07, 6.45) is 6.16. The molecule has 31 heavy (non-hydrogen) atoms. The molecule has 3 aromatic rings. The summed E-state index contributed by atoms with van der Waals surface area (Å²) in [7, 11) is 1.73. The number of phenols is 1. The van der Waals surface area contributed by atoms with Gasteiger partial charge in [0.15, 0.2) is 5.96 Å². The van der Waals surface area contributed by atoms with Crippen LogP contribution in [0.1, 0.15) is 40.8 Å². The summed E-state index contributed by atoms with van der Waals surface area (Å²) >= 11 is 0. The second-order valence-electron chi connectivity index (χ2n) is 7.70. The summed E-state index contributed by atoms with van der Waals surface area (Å²) < 4.78 is 5.62. The van der Waals surface area contributed by atoms with Crippen LogP contribution in [0.5, 0.6) is 5.75 Å². The Hall–Kier alpha value is -2.55. The van der Waals surface area contributed by atoms with E-state index in [1.165, 1.54) is 29.5 Å². The molecule has 2 aromatic carbocycles. The third kappa shape index (κ3) is 5.58. The van der Waals surface area contributed by atoms with Crippen molar-refractivity contribution in [1.82, 2.24) is 15.6 Å². The Kier molecular flexibility index (Phi) is 7.95. The molecule has 3 N–H and O–H groups in total. The number of benzene rings is 2. The molecule has 0 aliphatic heterocycles. The molecule has 0 amide bonds. The van der Waals surface area contributed by atoms with E-state index in [9.17, 15) is 5.11 Å². The number of phenolic OH excluding ortho intramolecular Hbond substituents is 1. The molecule has 0 unspecified atom stereocenters. The van der Waals surface area contributed by atoms with Gasteiger partial charge >= 0.3 is 0 Å². The Morgan fingerprint density at radius 2 is 1.81 bits per heavy atom. The van der Waals surface area contributed by atoms with Crippen LogP contribution < -0.4 is 10.6 Å². The maximum atomic E-state index is 10.4. The summed E-state index contributed by atoms with van der Waals surface area (Å²) in [4.78, 5) is 8.84. The molecule has 1 aliphatic rings. The third-order valence-corrected chi connectivity index (χ3v) is 5.57. The van der Waals surface area contributed by atoms with E-state index in [-0.39, 0.29) is 24.0 Å². The fourth-order valence-corrected chi connectivity index (χ4v) is 3.87. The highest BCUT2D eigenvalue weighted by atomic mass is 127. The van der Waals surface area contributed by atoms with E-state index in [1.807, 2.05) is 24.3 Å². The maximum Gasteiger partial charge on any atom is 0.226 e. The van der Waals surface area contributed by atoms with Gasteiger partial charge in [-0.3, -0.25) is 4.99 Å². The van der Waals surface area contributed by atoms with Gasteiger partial charge in [0.25, 0.3) is 0 Å². The van der Waals surface area contributed by atoms with Crippen LogP contribution in [0.3, 0.4) is 0 Å². The monoisotopic (exact) mass is 532 g/mol. The van der Waals surface area contributed by atoms with Crippen LogP contribution in [-0.4, -0.2) is 23.1 Å². The van der Waals surface area contributed by atoms with Gasteiger partial charge in [0.2, 0.25) is 5.89 Å². The number of rotatable bonds is 5. The SMILES string of the molecule is CN=C(NCc1coc(-c2ccc(C)cc2)n1)NCc1c(O)ccc2c1CCCC2.I. The highest BCUT2D eigenvalue weighted by Gasteiger charge is 2.16. The van der Waals surface area contributed by atoms with E-state index in [0.717, 1.165) is 29.7 Å². The fourth-order valence-electron chi connectivity index (χ4n) is 3.87. The number of oxazole rings is 1. The van der Waals surface area contributed by atoms with Gasteiger partial charge < -0.3 is 20.2 Å². The zero-order valence-electron chi connectivity index (χ0n) is 17.9. The van der Waals surface area contributed by atoms with Crippen molar-refractivity contribution in [3.63, 3.8) is 0 Å². The predicted molar refractivity (Wildman–Crippen MR) is 134 cm³/mol. The first-order valence-electron chi connectivity index (χ1n) is 10.4. The molecule has 0 bridgehead atoms. The van der Waals surface area contributed by atoms with Crippen molar-refractivity contribution in [1.29, 1.82) is 0 Å². The van der Waals surface area contributed by atoms with Gasteiger partial charge in [-0.15, -0.1) is 24.0 Å². The number of aryl methyl sites for hydroxylation is 2. The fraction of sp³-hybridized carbons (Fsp3) is 0.333. The molecule has 0 atom stereocenters. The quantitative estimate of drug-likeness (QED) is 0.252. The van der Waals surface area contributed by atoms with E-state index in [2.05, 4.69) is 33.6 Å². The van der Waals surface area contributed by atoms with Crippen LogP contribution in [-0.2, 0) is 25.9 Å². The number of aliphatic imine (C=N–C) groups is 1. The molecule has 0 spiro atoms. The summed E-state index contributed by atoms with van der Waals surface area (Å²) in [6.45, 7) is 3.08. The van der Waals surface area contributed by atoms with Gasteiger partial charge in [-0.25, -0.2) is 4.98 Å². The van der Waals surface area contributed by atoms with Crippen LogP contribution >= 0.6 is 24.0 Å². The van der Waals surface area contributed by atoms with E-state index in [4.69, 9.17) is 4.42 Å². The second kappa shape index (κ2) is 10.7. The Bertz CT molecular complexity index is 1040. The van der Waals surface area contributed by atoms with Crippen LogP contribution in [0.25, 0.3) is 11.5 Å². The first-order valence-corrected chi connectivity index (χ1v) is 10.4. The van der Waals surface area contributed by atoms with E-state index in [1.54, 1.807) is 19.4 Å². The van der Waals surface area contributed by atoms with Gasteiger partial charge in [-0.1, -0.05) is 23.8 Å². The molecule has 0 fully saturated rings. The lowest BCUT2D eigenvalue weighted by molar-refractivity contribution is 0.464. The number of aromatic hydroxyl groups is 1. The number of aromatic nitrogens is 1. The van der Waals surface area contributed by atoms with Crippen molar-refractivity contribution in [2.45, 2.75) is 45.7 Å². The minimum Gasteiger partial charge on any atom is -0.508 e. The molecule has 6 nitrogen and oxygen atoms in total. The third-order valence-electron chi connectivity index (χ3n) is 5.57. The number of nitrogens with zero attached hydrogens (tertiary/aromatic N) is 2. The molecule has 4 rings (SSSR count). The first-order chi connectivity index (χ1) is 14.6. The Morgan fingerprint density at radius 3 is 2.58 bits per heavy atom. The van der Waals surface area contributed by atoms with Crippen LogP contribution in [0, 0.1) is 6.92 Å². The van der Waals surface area contributed by atoms with Crippen LogP contribution in [0.4, 0.5) is 0 Å². The summed E-state index contributed by atoms with van der Waals surface area (Å²) in [5, 5.41) is 16.9. The summed E-state index contributed by atoms with van der Waals surface area (Å²) in [5.74, 6) is 1.61. The zero-order valence-corrected chi connectivity index (χ0v) is 20.3. The van der Waals surface area contributed by atoms with Crippen molar-refractivity contribution in [2.75, 3.05) is 7.05 Å². The van der Waals surface area contributed by atoms with Gasteiger partial charge in [-0.05, 0) is 61.9 Å². The second-order valence-corrected chi connectivity index (χ2v) is 7.70. The standard InChI is InChI=1S/C24H28N4O2.HI/c1-16-7-9-18(10-8-16)23-28-19(15-30-23)13-26-24(25-2)27-14-21-20-6-4-3-5-17(20)11-12-22(21)29;/h7-12,15,29H,3-6,13-14H2,1-2H3,(H2,25,26,27);1H. The normalized spacial score (nSPS) is 13.3. The first kappa shape index (κ1) is 23.1. The zero-order chi connectivity index (χ0) is 20.9. The Balaban J connectivity index is 0.00000272. The average molecular weight is 532 g/mol. The lowest BCUT2D eigenvalue weighted by Gasteiger charge is -2.21. The van der Waals surface area contributed by atoms with Crippen molar-refractivity contribution < 1.29 is 9.52 Å². The largest absolute Gasteiger partial charge is 0.508 e. The molecule has 7 heteroatoms. The van der Waals surface area contributed by atoms with E-state index >= 15 is 0 Å². The molecular weight excluding hydrogens is 503 g/mol. The van der Waals surface area contributed by atoms with Crippen LogP contribution in [0.2, 0.25) is 0 Å². The van der Waals surface area contributed by atoms with E-state index in [0.29, 0.717) is 30.7 Å². The highest BCUT2D eigenvalue weighted by Crippen LogP contribution is 2.30. The minimum absolute atomic E-state index is 0. The van der Waals surface area contributed by atoms with Gasteiger partial charge in [0, 0.05) is 24.7 Å². The average Bonchev–Trinajstić information content (AvgIpc) is 3.24. The topological polar surface area (TPSA) is 82.7 Å². The molecule has 0 saturated carbocycles. The number of hydrogen-bond donors (Lipinski definition) is 3. The Labute approximate surface area is 200 Å². The lowest BCUT2D eigenvalue weighted by atomic mass is 9.88. The molecule has 0 saturated heterocycles. The molecule has 164 valence electrons. The molecule has 1 aromatic heterocycles. The summed E-state index contributed by atoms with van der Waals surface area (Å²) in [6, 6.07) is 12.0. The number of halogens is 1. The van der Waals surface area contributed by atoms with Crippen molar-refractivity contribution in [2.24, 2.45) is 4.99 Å². The predicted octanol–water partition coefficient (Wildman–Crippen LogP) is 4.72. The van der Waals surface area contributed by atoms with Crippen molar-refractivity contribution in [3.05, 3.63) is 70.6 Å². The summed E-state index contributed by atoms with van der Waals surface area (Å²) in [5.41, 5.74) is 6.56. The molecule has 0 radical (unpaired) electrons. The number of hydrogen-bond acceptors (Lipinski definition) is 4. The van der Waals surface area contributed by atoms with E-state index < -0.39 is 0 Å². The molecular formula is C24H29IN4O2. The number of fused-ring (bicyclic) bond motifs is 1. The van der Waals surface area contributed by atoms with Gasteiger partial charge in [-0.2, -0.15) is 0 Å². The maximum absolute atomic E-state index is 10.4.